The Labute approximate surface area is 187 Å². The summed E-state index contributed by atoms with van der Waals surface area (Å²) in [5, 5.41) is 16.1. The number of dihydropyridines is 1. The van der Waals surface area contributed by atoms with Gasteiger partial charge >= 0.3 is 0 Å². The Bertz CT molecular complexity index is 880. The molecule has 6 heteroatoms. The molecule has 0 fully saturated rings. The second-order valence-electron chi connectivity index (χ2n) is 7.90. The third-order valence-corrected chi connectivity index (χ3v) is 5.28. The van der Waals surface area contributed by atoms with Crippen LogP contribution in [0.5, 0.6) is 0 Å². The van der Waals surface area contributed by atoms with Gasteiger partial charge in [-0.1, -0.05) is 39.8 Å². The molecule has 0 saturated carbocycles. The summed E-state index contributed by atoms with van der Waals surface area (Å²) in [5.41, 5.74) is 5.05. The van der Waals surface area contributed by atoms with E-state index in [0.29, 0.717) is 12.1 Å². The highest BCUT2D eigenvalue weighted by atomic mass is 16.1. The molecule has 2 aliphatic rings. The van der Waals surface area contributed by atoms with Gasteiger partial charge in [0.1, 0.15) is 6.17 Å². The van der Waals surface area contributed by atoms with Gasteiger partial charge in [-0.25, -0.2) is 0 Å². The zero-order valence-electron chi connectivity index (χ0n) is 19.6. The van der Waals surface area contributed by atoms with Crippen LogP contribution in [0.1, 0.15) is 40.2 Å². The van der Waals surface area contributed by atoms with Gasteiger partial charge in [-0.3, -0.25) is 10.1 Å². The number of hydrogen-bond donors (Lipinski definition) is 5. The van der Waals surface area contributed by atoms with Gasteiger partial charge in [0.25, 0.3) is 5.91 Å². The van der Waals surface area contributed by atoms with Gasteiger partial charge in [-0.2, -0.15) is 0 Å². The van der Waals surface area contributed by atoms with Crippen molar-refractivity contribution in [1.29, 1.82) is 0 Å². The molecule has 2 heterocycles. The van der Waals surface area contributed by atoms with E-state index in [1.807, 2.05) is 76.7 Å². The molecule has 5 N–H and O–H groups in total. The Morgan fingerprint density at radius 3 is 2.77 bits per heavy atom. The second-order valence-corrected chi connectivity index (χ2v) is 7.90. The lowest BCUT2D eigenvalue weighted by atomic mass is 9.87. The zero-order valence-corrected chi connectivity index (χ0v) is 19.6. The average molecular weight is 424 g/mol. The Hall–Kier alpha value is -2.99. The first-order chi connectivity index (χ1) is 14.9. The fraction of sp³-hybridized carbons (Fsp3) is 0.400. The van der Waals surface area contributed by atoms with Crippen LogP contribution in [0.3, 0.4) is 0 Å². The third-order valence-electron chi connectivity index (χ3n) is 5.28. The number of carbonyl (C=O) groups excluding carboxylic acids is 1. The lowest BCUT2D eigenvalue weighted by Crippen LogP contribution is -2.46. The minimum atomic E-state index is -0.260. The molecule has 0 radical (unpaired) electrons. The minimum absolute atomic E-state index is 0.111. The molecule has 2 aliphatic heterocycles. The molecular formula is C25H37N5O. The van der Waals surface area contributed by atoms with E-state index >= 15 is 0 Å². The topological polar surface area (TPSA) is 77.2 Å². The van der Waals surface area contributed by atoms with Crippen LogP contribution in [0.25, 0.3) is 0 Å². The summed E-state index contributed by atoms with van der Waals surface area (Å²) in [7, 11) is 1.87. The van der Waals surface area contributed by atoms with Crippen LogP contribution >= 0.6 is 0 Å². The van der Waals surface area contributed by atoms with Crippen LogP contribution < -0.4 is 26.6 Å². The first-order valence-electron chi connectivity index (χ1n) is 11.0. The molecule has 1 amide bonds. The number of benzene rings is 1. The van der Waals surface area contributed by atoms with Crippen LogP contribution in [0, 0.1) is 0 Å². The van der Waals surface area contributed by atoms with Crippen LogP contribution in [0.15, 0.2) is 66.0 Å². The van der Waals surface area contributed by atoms with Crippen LogP contribution in [-0.2, 0) is 10.2 Å². The van der Waals surface area contributed by atoms with Crippen molar-refractivity contribution in [3.8, 4) is 0 Å². The minimum Gasteiger partial charge on any atom is -0.394 e. The van der Waals surface area contributed by atoms with Gasteiger partial charge in [0, 0.05) is 36.9 Å². The van der Waals surface area contributed by atoms with Crippen LogP contribution in [0.2, 0.25) is 0 Å². The quantitative estimate of drug-likeness (QED) is 0.429. The van der Waals surface area contributed by atoms with E-state index in [1.54, 1.807) is 0 Å². The normalized spacial score (nSPS) is 18.8. The molecule has 0 spiro atoms. The molecule has 3 rings (SSSR count). The fourth-order valence-corrected chi connectivity index (χ4v) is 3.51. The molecule has 31 heavy (non-hydrogen) atoms. The summed E-state index contributed by atoms with van der Waals surface area (Å²) in [5.74, 6) is -0.121. The van der Waals surface area contributed by atoms with E-state index in [2.05, 4.69) is 46.5 Å². The van der Waals surface area contributed by atoms with Crippen molar-refractivity contribution in [3.63, 3.8) is 0 Å². The molecule has 0 bridgehead atoms. The number of carbonyl (C=O) groups is 1. The number of allylic oxidation sites excluding steroid dienone is 3. The average Bonchev–Trinajstić information content (AvgIpc) is 3.09. The summed E-state index contributed by atoms with van der Waals surface area (Å²) in [6.07, 6.45) is 11.2. The molecular weight excluding hydrogens is 386 g/mol. The van der Waals surface area contributed by atoms with Gasteiger partial charge in [0.05, 0.1) is 5.57 Å². The van der Waals surface area contributed by atoms with Crippen molar-refractivity contribution >= 4 is 17.3 Å². The molecule has 1 aromatic carbocycles. The number of amides is 1. The van der Waals surface area contributed by atoms with Gasteiger partial charge in [-0.15, -0.1) is 0 Å². The molecule has 0 saturated heterocycles. The number of fused-ring (bicyclic) bond motifs is 1. The van der Waals surface area contributed by atoms with E-state index in [0.717, 1.165) is 23.5 Å². The van der Waals surface area contributed by atoms with E-state index in [-0.39, 0.29) is 17.5 Å². The molecule has 0 aromatic heterocycles. The Kier molecular flexibility index (Phi) is 8.94. The summed E-state index contributed by atoms with van der Waals surface area (Å²) >= 11 is 0. The SMILES string of the molecule is C/C=C(\C=C/NC)CNC1NC=CC=C1C(=O)Nc1ccc2c(c1)NCC2(C)C.CC. The van der Waals surface area contributed by atoms with Gasteiger partial charge in [0.15, 0.2) is 0 Å². The van der Waals surface area contributed by atoms with Crippen LogP contribution in [-0.4, -0.2) is 32.2 Å². The van der Waals surface area contributed by atoms with Gasteiger partial charge in [-0.05, 0) is 60.8 Å². The third kappa shape index (κ3) is 6.25. The Balaban J connectivity index is 0.00000166. The highest BCUT2D eigenvalue weighted by Crippen LogP contribution is 2.37. The summed E-state index contributed by atoms with van der Waals surface area (Å²) in [6, 6.07) is 6.08. The maximum absolute atomic E-state index is 12.9. The highest BCUT2D eigenvalue weighted by Gasteiger charge is 2.30. The number of rotatable bonds is 7. The smallest absolute Gasteiger partial charge is 0.255 e. The lowest BCUT2D eigenvalue weighted by molar-refractivity contribution is -0.113. The summed E-state index contributed by atoms with van der Waals surface area (Å²) in [6.45, 7) is 12.0. The molecule has 0 aliphatic carbocycles. The predicted octanol–water partition coefficient (Wildman–Crippen LogP) is 3.99. The number of anilines is 2. The van der Waals surface area contributed by atoms with Gasteiger partial charge in [0.2, 0.25) is 0 Å². The summed E-state index contributed by atoms with van der Waals surface area (Å²) in [4.78, 5) is 12.9. The van der Waals surface area contributed by atoms with Crippen molar-refractivity contribution in [2.24, 2.45) is 0 Å². The maximum atomic E-state index is 12.9. The first-order valence-corrected chi connectivity index (χ1v) is 11.0. The highest BCUT2D eigenvalue weighted by molar-refractivity contribution is 6.05. The molecule has 6 nitrogen and oxygen atoms in total. The van der Waals surface area contributed by atoms with Crippen molar-refractivity contribution in [3.05, 3.63) is 71.6 Å². The van der Waals surface area contributed by atoms with Crippen molar-refractivity contribution in [1.82, 2.24) is 16.0 Å². The van der Waals surface area contributed by atoms with E-state index in [9.17, 15) is 4.79 Å². The van der Waals surface area contributed by atoms with Crippen molar-refractivity contribution in [2.75, 3.05) is 30.8 Å². The lowest BCUT2D eigenvalue weighted by Gasteiger charge is -2.24. The predicted molar refractivity (Wildman–Crippen MR) is 132 cm³/mol. The maximum Gasteiger partial charge on any atom is 0.255 e. The molecule has 1 aromatic rings. The number of hydrogen-bond acceptors (Lipinski definition) is 5. The number of nitrogens with one attached hydrogen (secondary N) is 5. The van der Waals surface area contributed by atoms with Crippen molar-refractivity contribution in [2.45, 2.75) is 46.2 Å². The Morgan fingerprint density at radius 2 is 2.06 bits per heavy atom. The second kappa shape index (κ2) is 11.4. The van der Waals surface area contributed by atoms with E-state index < -0.39 is 0 Å². The van der Waals surface area contributed by atoms with E-state index in [1.165, 1.54) is 5.56 Å². The standard InChI is InChI=1S/C23H31N5O.C2H6/c1-5-16(10-12-24-4)14-26-21-18(7-6-11-25-21)22(29)28-17-8-9-19-20(13-17)27-15-23(19,2)3;1-2/h5-13,21,24-27H,14-15H2,1-4H3,(H,28,29);1-2H3/b12-10-,16-5+;. The zero-order chi connectivity index (χ0) is 22.9. The van der Waals surface area contributed by atoms with Gasteiger partial charge < -0.3 is 21.3 Å². The summed E-state index contributed by atoms with van der Waals surface area (Å²) < 4.78 is 0. The molecule has 1 unspecified atom stereocenters. The van der Waals surface area contributed by atoms with Crippen molar-refractivity contribution < 1.29 is 4.79 Å². The fourth-order valence-electron chi connectivity index (χ4n) is 3.51. The molecule has 168 valence electrons. The molecule has 1 atom stereocenters. The monoisotopic (exact) mass is 423 g/mol. The first kappa shape index (κ1) is 24.3. The van der Waals surface area contributed by atoms with Crippen LogP contribution in [0.4, 0.5) is 11.4 Å². The largest absolute Gasteiger partial charge is 0.394 e. The van der Waals surface area contributed by atoms with E-state index in [4.69, 9.17) is 0 Å². The Morgan fingerprint density at radius 1 is 1.29 bits per heavy atom.